The second-order valence-electron chi connectivity index (χ2n) is 5.76. The Labute approximate surface area is 154 Å². The van der Waals surface area contributed by atoms with E-state index >= 15 is 0 Å². The van der Waals surface area contributed by atoms with Crippen LogP contribution in [0.5, 0.6) is 5.75 Å². The SMILES string of the molecule is Cc1ccc(OCC(=O)NN=Cc2c[nH]c3ccc(Br)cc23)cc1C. The van der Waals surface area contributed by atoms with Crippen LogP contribution < -0.4 is 10.2 Å². The van der Waals surface area contributed by atoms with Crippen molar-refractivity contribution in [3.63, 3.8) is 0 Å². The second-order valence-corrected chi connectivity index (χ2v) is 6.68. The monoisotopic (exact) mass is 399 g/mol. The van der Waals surface area contributed by atoms with E-state index in [1.54, 1.807) is 6.21 Å². The van der Waals surface area contributed by atoms with E-state index in [0.717, 1.165) is 26.5 Å². The van der Waals surface area contributed by atoms with Gasteiger partial charge < -0.3 is 9.72 Å². The molecule has 0 spiro atoms. The third-order valence-electron chi connectivity index (χ3n) is 3.92. The number of amides is 1. The van der Waals surface area contributed by atoms with Crippen molar-refractivity contribution < 1.29 is 9.53 Å². The van der Waals surface area contributed by atoms with Crippen LogP contribution >= 0.6 is 15.9 Å². The Morgan fingerprint density at radius 2 is 2.08 bits per heavy atom. The van der Waals surface area contributed by atoms with Crippen molar-refractivity contribution in [2.45, 2.75) is 13.8 Å². The van der Waals surface area contributed by atoms with Gasteiger partial charge in [-0.15, -0.1) is 0 Å². The van der Waals surface area contributed by atoms with Gasteiger partial charge in [-0.2, -0.15) is 5.10 Å². The minimum absolute atomic E-state index is 0.0841. The highest BCUT2D eigenvalue weighted by Crippen LogP contribution is 2.21. The number of aryl methyl sites for hydroxylation is 2. The Morgan fingerprint density at radius 3 is 2.88 bits per heavy atom. The lowest BCUT2D eigenvalue weighted by Gasteiger charge is -2.07. The summed E-state index contributed by atoms with van der Waals surface area (Å²) in [6, 6.07) is 11.7. The summed E-state index contributed by atoms with van der Waals surface area (Å²) in [7, 11) is 0. The summed E-state index contributed by atoms with van der Waals surface area (Å²) in [5.41, 5.74) is 6.69. The third-order valence-corrected chi connectivity index (χ3v) is 4.41. The van der Waals surface area contributed by atoms with Gasteiger partial charge in [-0.3, -0.25) is 4.79 Å². The molecule has 0 saturated heterocycles. The summed E-state index contributed by atoms with van der Waals surface area (Å²) in [6.45, 7) is 3.95. The number of rotatable bonds is 5. The molecule has 3 aromatic rings. The van der Waals surface area contributed by atoms with E-state index in [0.29, 0.717) is 5.75 Å². The highest BCUT2D eigenvalue weighted by atomic mass is 79.9. The Bertz CT molecular complexity index is 947. The summed E-state index contributed by atoms with van der Waals surface area (Å²) in [5.74, 6) is 0.360. The minimum Gasteiger partial charge on any atom is -0.484 e. The molecule has 0 bridgehead atoms. The predicted molar refractivity (Wildman–Crippen MR) is 103 cm³/mol. The number of carbonyl (C=O) groups excluding carboxylic acids is 1. The number of carbonyl (C=O) groups is 1. The summed E-state index contributed by atoms with van der Waals surface area (Å²) >= 11 is 3.45. The zero-order chi connectivity index (χ0) is 17.8. The average molecular weight is 400 g/mol. The van der Waals surface area contributed by atoms with Crippen LogP contribution in [0.3, 0.4) is 0 Å². The highest BCUT2D eigenvalue weighted by Gasteiger charge is 2.04. The molecule has 0 aliphatic carbocycles. The lowest BCUT2D eigenvalue weighted by atomic mass is 10.1. The predicted octanol–water partition coefficient (Wildman–Crippen LogP) is 4.08. The fourth-order valence-electron chi connectivity index (χ4n) is 2.38. The minimum atomic E-state index is -0.310. The topological polar surface area (TPSA) is 66.5 Å². The molecule has 128 valence electrons. The molecule has 0 fully saturated rings. The number of H-pyrrole nitrogens is 1. The van der Waals surface area contributed by atoms with E-state index in [1.165, 1.54) is 5.56 Å². The molecule has 0 aliphatic heterocycles. The lowest BCUT2D eigenvalue weighted by Crippen LogP contribution is -2.24. The molecular formula is C19H18BrN3O2. The first-order chi connectivity index (χ1) is 12.0. The molecule has 0 saturated carbocycles. The Hall–Kier alpha value is -2.60. The largest absolute Gasteiger partial charge is 0.484 e. The van der Waals surface area contributed by atoms with Gasteiger partial charge in [-0.25, -0.2) is 5.43 Å². The van der Waals surface area contributed by atoms with Gasteiger partial charge in [0.05, 0.1) is 6.21 Å². The molecule has 1 amide bonds. The van der Waals surface area contributed by atoms with Gasteiger partial charge in [0.15, 0.2) is 6.61 Å². The molecule has 2 N–H and O–H groups in total. The van der Waals surface area contributed by atoms with Gasteiger partial charge >= 0.3 is 0 Å². The number of nitrogens with zero attached hydrogens (tertiary/aromatic N) is 1. The maximum atomic E-state index is 11.8. The molecule has 3 rings (SSSR count). The van der Waals surface area contributed by atoms with Crippen LogP contribution in [0.1, 0.15) is 16.7 Å². The zero-order valence-electron chi connectivity index (χ0n) is 14.0. The van der Waals surface area contributed by atoms with Crippen LogP contribution in [0.25, 0.3) is 10.9 Å². The molecule has 5 nitrogen and oxygen atoms in total. The Balaban J connectivity index is 1.57. The number of fused-ring (bicyclic) bond motifs is 1. The first kappa shape index (κ1) is 17.2. The van der Waals surface area contributed by atoms with Crippen LogP contribution in [0.15, 0.2) is 52.2 Å². The fourth-order valence-corrected chi connectivity index (χ4v) is 2.74. The van der Waals surface area contributed by atoms with Gasteiger partial charge in [-0.05, 0) is 55.3 Å². The van der Waals surface area contributed by atoms with Crippen molar-refractivity contribution in [2.75, 3.05) is 6.61 Å². The number of halogens is 1. The van der Waals surface area contributed by atoms with E-state index in [9.17, 15) is 4.79 Å². The normalized spacial score (nSPS) is 11.2. The van der Waals surface area contributed by atoms with E-state index in [1.807, 2.05) is 56.4 Å². The van der Waals surface area contributed by atoms with Crippen molar-refractivity contribution in [1.82, 2.24) is 10.4 Å². The molecule has 25 heavy (non-hydrogen) atoms. The van der Waals surface area contributed by atoms with Crippen LogP contribution in [-0.4, -0.2) is 23.7 Å². The number of hydrazone groups is 1. The molecule has 6 heteroatoms. The lowest BCUT2D eigenvalue weighted by molar-refractivity contribution is -0.123. The van der Waals surface area contributed by atoms with E-state index in [4.69, 9.17) is 4.74 Å². The fraction of sp³-hybridized carbons (Fsp3) is 0.158. The summed E-state index contributed by atoms with van der Waals surface area (Å²) in [6.07, 6.45) is 3.46. The molecule has 0 atom stereocenters. The number of aromatic nitrogens is 1. The standard InChI is InChI=1S/C19H18BrN3O2/c1-12-3-5-16(7-13(12)2)25-11-19(24)23-22-10-14-9-21-18-6-4-15(20)8-17(14)18/h3-10,21H,11H2,1-2H3,(H,23,24). The van der Waals surface area contributed by atoms with Gasteiger partial charge in [0.1, 0.15) is 5.75 Å². The first-order valence-corrected chi connectivity index (χ1v) is 8.61. The van der Waals surface area contributed by atoms with E-state index < -0.39 is 0 Å². The molecule has 0 radical (unpaired) electrons. The Morgan fingerprint density at radius 1 is 1.24 bits per heavy atom. The van der Waals surface area contributed by atoms with Gasteiger partial charge in [0.2, 0.25) is 0 Å². The summed E-state index contributed by atoms with van der Waals surface area (Å²) < 4.78 is 6.47. The van der Waals surface area contributed by atoms with Gasteiger partial charge in [0, 0.05) is 27.1 Å². The molecule has 1 aromatic heterocycles. The number of hydrogen-bond acceptors (Lipinski definition) is 3. The van der Waals surface area contributed by atoms with E-state index in [2.05, 4.69) is 31.4 Å². The number of benzene rings is 2. The van der Waals surface area contributed by atoms with Gasteiger partial charge in [0.25, 0.3) is 5.91 Å². The van der Waals surface area contributed by atoms with Crippen LogP contribution in [0, 0.1) is 13.8 Å². The number of ether oxygens (including phenoxy) is 1. The molecular weight excluding hydrogens is 382 g/mol. The Kier molecular flexibility index (Phi) is 5.19. The molecule has 2 aromatic carbocycles. The van der Waals surface area contributed by atoms with Crippen molar-refractivity contribution >= 4 is 39.0 Å². The zero-order valence-corrected chi connectivity index (χ0v) is 15.6. The van der Waals surface area contributed by atoms with Crippen LogP contribution in [0.2, 0.25) is 0 Å². The second kappa shape index (κ2) is 7.53. The third kappa shape index (κ3) is 4.28. The van der Waals surface area contributed by atoms with Crippen molar-refractivity contribution in [3.05, 3.63) is 63.8 Å². The first-order valence-electron chi connectivity index (χ1n) is 7.81. The quantitative estimate of drug-likeness (QED) is 0.501. The summed E-state index contributed by atoms with van der Waals surface area (Å²) in [4.78, 5) is 15.0. The molecule has 0 aliphatic rings. The van der Waals surface area contributed by atoms with E-state index in [-0.39, 0.29) is 12.5 Å². The van der Waals surface area contributed by atoms with Crippen LogP contribution in [0.4, 0.5) is 0 Å². The van der Waals surface area contributed by atoms with Crippen LogP contribution in [-0.2, 0) is 4.79 Å². The molecule has 0 unspecified atom stereocenters. The highest BCUT2D eigenvalue weighted by molar-refractivity contribution is 9.10. The van der Waals surface area contributed by atoms with Gasteiger partial charge in [-0.1, -0.05) is 22.0 Å². The maximum Gasteiger partial charge on any atom is 0.277 e. The maximum absolute atomic E-state index is 11.8. The molecule has 1 heterocycles. The van der Waals surface area contributed by atoms with Crippen molar-refractivity contribution in [3.8, 4) is 5.75 Å². The number of nitrogens with one attached hydrogen (secondary N) is 2. The van der Waals surface area contributed by atoms with Crippen molar-refractivity contribution in [2.24, 2.45) is 5.10 Å². The van der Waals surface area contributed by atoms with Crippen molar-refractivity contribution in [1.29, 1.82) is 0 Å². The number of hydrogen-bond donors (Lipinski definition) is 2. The number of aromatic amines is 1. The summed E-state index contributed by atoms with van der Waals surface area (Å²) in [5, 5.41) is 5.02. The average Bonchev–Trinajstić information content (AvgIpc) is 2.98. The smallest absolute Gasteiger partial charge is 0.277 e.